The highest BCUT2D eigenvalue weighted by atomic mass is 32.2. The van der Waals surface area contributed by atoms with Crippen molar-refractivity contribution in [1.29, 1.82) is 0 Å². The Balaban J connectivity index is 3.15. The van der Waals surface area contributed by atoms with Crippen LogP contribution in [0.15, 0.2) is 0 Å². The van der Waals surface area contributed by atoms with Crippen molar-refractivity contribution in [2.75, 3.05) is 32.6 Å². The van der Waals surface area contributed by atoms with Crippen LogP contribution in [0, 0.1) is 5.92 Å². The molecule has 0 aromatic rings. The number of rotatable bonds is 10. The minimum atomic E-state index is 0.728. The molecular formula is C12H27NOS. The van der Waals surface area contributed by atoms with E-state index in [2.05, 4.69) is 37.8 Å². The molecule has 0 aromatic carbocycles. The first-order valence-electron chi connectivity index (χ1n) is 5.98. The van der Waals surface area contributed by atoms with Crippen molar-refractivity contribution in [3.63, 3.8) is 0 Å². The molecule has 0 spiro atoms. The third-order valence-corrected chi connectivity index (χ3v) is 3.44. The van der Waals surface area contributed by atoms with E-state index in [9.17, 15) is 0 Å². The van der Waals surface area contributed by atoms with E-state index < -0.39 is 0 Å². The fourth-order valence-electron chi connectivity index (χ4n) is 1.21. The Morgan fingerprint density at radius 2 is 2.00 bits per heavy atom. The standard InChI is InChI=1S/C12H27NOS/c1-11(2)6-9-15-12(3)10-13-7-5-8-14-4/h11-13H,5-10H2,1-4H3. The third-order valence-electron chi connectivity index (χ3n) is 2.23. The third kappa shape index (κ3) is 12.2. The normalized spacial score (nSPS) is 13.4. The van der Waals surface area contributed by atoms with Crippen LogP contribution in [0.3, 0.4) is 0 Å². The molecule has 0 aliphatic carbocycles. The summed E-state index contributed by atoms with van der Waals surface area (Å²) in [7, 11) is 1.75. The minimum Gasteiger partial charge on any atom is -0.385 e. The summed E-state index contributed by atoms with van der Waals surface area (Å²) >= 11 is 2.07. The van der Waals surface area contributed by atoms with E-state index in [0.717, 1.165) is 37.3 Å². The fraction of sp³-hybridized carbons (Fsp3) is 1.00. The van der Waals surface area contributed by atoms with Gasteiger partial charge in [-0.25, -0.2) is 0 Å². The molecule has 0 fully saturated rings. The Labute approximate surface area is 99.5 Å². The van der Waals surface area contributed by atoms with Crippen LogP contribution in [-0.2, 0) is 4.74 Å². The van der Waals surface area contributed by atoms with Gasteiger partial charge in [-0.2, -0.15) is 11.8 Å². The van der Waals surface area contributed by atoms with E-state index in [1.54, 1.807) is 7.11 Å². The molecule has 3 heteroatoms. The molecule has 0 saturated heterocycles. The summed E-state index contributed by atoms with van der Waals surface area (Å²) in [5, 5.41) is 4.19. The molecule has 0 rings (SSSR count). The van der Waals surface area contributed by atoms with Gasteiger partial charge in [0.2, 0.25) is 0 Å². The second-order valence-corrected chi connectivity index (χ2v) is 5.96. The predicted molar refractivity (Wildman–Crippen MR) is 70.7 cm³/mol. The quantitative estimate of drug-likeness (QED) is 0.586. The van der Waals surface area contributed by atoms with Gasteiger partial charge in [0.15, 0.2) is 0 Å². The van der Waals surface area contributed by atoms with Crippen molar-refractivity contribution >= 4 is 11.8 Å². The van der Waals surface area contributed by atoms with E-state index in [-0.39, 0.29) is 0 Å². The van der Waals surface area contributed by atoms with Gasteiger partial charge in [-0.05, 0) is 31.1 Å². The van der Waals surface area contributed by atoms with Crippen LogP contribution in [0.25, 0.3) is 0 Å². The molecular weight excluding hydrogens is 206 g/mol. The van der Waals surface area contributed by atoms with Crippen LogP contribution in [0.4, 0.5) is 0 Å². The maximum absolute atomic E-state index is 4.99. The topological polar surface area (TPSA) is 21.3 Å². The Morgan fingerprint density at radius 3 is 2.60 bits per heavy atom. The Kier molecular flexibility index (Phi) is 11.0. The van der Waals surface area contributed by atoms with Crippen molar-refractivity contribution < 1.29 is 4.74 Å². The highest BCUT2D eigenvalue weighted by Crippen LogP contribution is 2.13. The summed E-state index contributed by atoms with van der Waals surface area (Å²) in [6, 6.07) is 0. The highest BCUT2D eigenvalue weighted by molar-refractivity contribution is 7.99. The lowest BCUT2D eigenvalue weighted by molar-refractivity contribution is 0.194. The molecule has 0 aliphatic heterocycles. The molecule has 0 bridgehead atoms. The van der Waals surface area contributed by atoms with E-state index in [4.69, 9.17) is 4.74 Å². The zero-order valence-corrected chi connectivity index (χ0v) is 11.5. The van der Waals surface area contributed by atoms with Crippen molar-refractivity contribution in [1.82, 2.24) is 5.32 Å². The number of hydrogen-bond donors (Lipinski definition) is 1. The molecule has 0 saturated carbocycles. The molecule has 0 aliphatic rings. The van der Waals surface area contributed by atoms with Gasteiger partial charge in [0.1, 0.15) is 0 Å². The Bertz CT molecular complexity index is 131. The van der Waals surface area contributed by atoms with Crippen molar-refractivity contribution in [3.05, 3.63) is 0 Å². The maximum Gasteiger partial charge on any atom is 0.0474 e. The first-order chi connectivity index (χ1) is 7.16. The zero-order chi connectivity index (χ0) is 11.5. The molecule has 0 heterocycles. The van der Waals surface area contributed by atoms with Crippen molar-refractivity contribution in [2.24, 2.45) is 5.92 Å². The average Bonchev–Trinajstić information content (AvgIpc) is 2.17. The van der Waals surface area contributed by atoms with Crippen molar-refractivity contribution in [3.8, 4) is 0 Å². The van der Waals surface area contributed by atoms with E-state index in [1.165, 1.54) is 12.2 Å². The van der Waals surface area contributed by atoms with Crippen LogP contribution in [0.2, 0.25) is 0 Å². The van der Waals surface area contributed by atoms with Gasteiger partial charge in [-0.1, -0.05) is 20.8 Å². The number of thioether (sulfide) groups is 1. The van der Waals surface area contributed by atoms with Crippen LogP contribution in [-0.4, -0.2) is 37.8 Å². The molecule has 1 N–H and O–H groups in total. The van der Waals surface area contributed by atoms with E-state index >= 15 is 0 Å². The first kappa shape index (κ1) is 15.3. The van der Waals surface area contributed by atoms with Gasteiger partial charge in [0.05, 0.1) is 0 Å². The second-order valence-electron chi connectivity index (χ2n) is 4.41. The smallest absolute Gasteiger partial charge is 0.0474 e. The molecule has 2 nitrogen and oxygen atoms in total. The zero-order valence-electron chi connectivity index (χ0n) is 10.7. The lowest BCUT2D eigenvalue weighted by Crippen LogP contribution is -2.24. The Hall–Kier alpha value is 0.270. The van der Waals surface area contributed by atoms with E-state index in [0.29, 0.717) is 0 Å². The molecule has 92 valence electrons. The van der Waals surface area contributed by atoms with Crippen LogP contribution < -0.4 is 5.32 Å². The summed E-state index contributed by atoms with van der Waals surface area (Å²) in [5.74, 6) is 2.12. The number of nitrogens with one attached hydrogen (secondary N) is 1. The lowest BCUT2D eigenvalue weighted by atomic mass is 10.2. The summed E-state index contributed by atoms with van der Waals surface area (Å²) < 4.78 is 4.99. The highest BCUT2D eigenvalue weighted by Gasteiger charge is 2.02. The lowest BCUT2D eigenvalue weighted by Gasteiger charge is -2.13. The monoisotopic (exact) mass is 233 g/mol. The van der Waals surface area contributed by atoms with Gasteiger partial charge in [-0.3, -0.25) is 0 Å². The van der Waals surface area contributed by atoms with Gasteiger partial charge in [0, 0.05) is 25.5 Å². The second kappa shape index (κ2) is 10.8. The summed E-state index contributed by atoms with van der Waals surface area (Å²) in [5.41, 5.74) is 0. The molecule has 0 radical (unpaired) electrons. The molecule has 1 unspecified atom stereocenters. The first-order valence-corrected chi connectivity index (χ1v) is 7.03. The fourth-order valence-corrected chi connectivity index (χ4v) is 2.46. The number of hydrogen-bond acceptors (Lipinski definition) is 3. The molecule has 0 aromatic heterocycles. The average molecular weight is 233 g/mol. The predicted octanol–water partition coefficient (Wildman–Crippen LogP) is 2.78. The summed E-state index contributed by atoms with van der Waals surface area (Å²) in [6.45, 7) is 9.92. The molecule has 15 heavy (non-hydrogen) atoms. The SMILES string of the molecule is COCCCNCC(C)SCCC(C)C. The number of methoxy groups -OCH3 is 1. The maximum atomic E-state index is 4.99. The van der Waals surface area contributed by atoms with Gasteiger partial charge >= 0.3 is 0 Å². The van der Waals surface area contributed by atoms with Crippen molar-refractivity contribution in [2.45, 2.75) is 38.9 Å². The molecule has 0 amide bonds. The van der Waals surface area contributed by atoms with Crippen LogP contribution in [0.5, 0.6) is 0 Å². The van der Waals surface area contributed by atoms with E-state index in [1.807, 2.05) is 0 Å². The Morgan fingerprint density at radius 1 is 1.27 bits per heavy atom. The number of ether oxygens (including phenoxy) is 1. The largest absolute Gasteiger partial charge is 0.385 e. The summed E-state index contributed by atoms with van der Waals surface area (Å²) in [6.07, 6.45) is 2.44. The van der Waals surface area contributed by atoms with Gasteiger partial charge in [0.25, 0.3) is 0 Å². The van der Waals surface area contributed by atoms with Crippen LogP contribution in [0.1, 0.15) is 33.6 Å². The minimum absolute atomic E-state index is 0.728. The van der Waals surface area contributed by atoms with Crippen LogP contribution >= 0.6 is 11.8 Å². The van der Waals surface area contributed by atoms with Gasteiger partial charge in [-0.15, -0.1) is 0 Å². The van der Waals surface area contributed by atoms with Gasteiger partial charge < -0.3 is 10.1 Å². The molecule has 1 atom stereocenters. The summed E-state index contributed by atoms with van der Waals surface area (Å²) in [4.78, 5) is 0.